The van der Waals surface area contributed by atoms with Gasteiger partial charge in [-0.15, -0.1) is 11.3 Å². The molecule has 2 atom stereocenters. The molecule has 1 N–H and O–H groups in total. The third-order valence-corrected chi connectivity index (χ3v) is 28.8. The summed E-state index contributed by atoms with van der Waals surface area (Å²) in [5, 5.41) is 6.77. The maximum absolute atomic E-state index is 3.94. The van der Waals surface area contributed by atoms with E-state index in [0.29, 0.717) is 0 Å². The topological polar surface area (TPSA) is 15.8 Å². The molecule has 7 aliphatic rings. The number of fused-ring (bicyclic) bond motifs is 21. The molecule has 534 valence electrons. The quantitative estimate of drug-likeness (QED) is 0.0432. The van der Waals surface area contributed by atoms with Gasteiger partial charge >= 0.3 is 0 Å². The van der Waals surface area contributed by atoms with Crippen LogP contribution in [-0.2, 0) is 28.1 Å². The number of aromatic nitrogens is 1. The fraction of sp³-hybridized carbons (Fsp3) is 0.431. The van der Waals surface area contributed by atoms with Crippen LogP contribution in [0.1, 0.15) is 302 Å². The third-order valence-electron chi connectivity index (χ3n) is 27.5. The SMILES string of the molecule is CCCCCCCCC1(CCCCCCCC)c2cc3c(cc2-c2cc4c(cc21)-c1cc2c(cc1C4(CCCCCCCC)CCCCCCCC)-c1c(cc(-c4cccc5c4[nH]c4ccccc45)c4ccccc14)C2(C)C)C(C)(C)C1=C3C2C=CC=CC2C(c2cccc3c4c(sc23)CCC=C4)=C1. The van der Waals surface area contributed by atoms with Crippen LogP contribution < -0.4 is 0 Å². The highest BCUT2D eigenvalue weighted by Crippen LogP contribution is 2.67. The molecule has 0 saturated carbocycles. The predicted octanol–water partition coefficient (Wildman–Crippen LogP) is 30.7. The summed E-state index contributed by atoms with van der Waals surface area (Å²) in [6.07, 6.45) is 56.1. The van der Waals surface area contributed by atoms with Crippen molar-refractivity contribution in [2.75, 3.05) is 0 Å². The second kappa shape index (κ2) is 28.6. The molecule has 2 heteroatoms. The van der Waals surface area contributed by atoms with E-state index in [1.54, 1.807) is 71.7 Å². The summed E-state index contributed by atoms with van der Waals surface area (Å²) < 4.78 is 1.48. The second-order valence-electron chi connectivity index (χ2n) is 34.4. The molecular weight excluding hydrogens is 1270 g/mol. The van der Waals surface area contributed by atoms with Gasteiger partial charge in [-0.25, -0.2) is 0 Å². The van der Waals surface area contributed by atoms with Crippen molar-refractivity contribution in [2.45, 2.75) is 270 Å². The molecule has 8 aromatic carbocycles. The van der Waals surface area contributed by atoms with Crippen LogP contribution in [0.2, 0.25) is 0 Å². The molecule has 0 spiro atoms. The van der Waals surface area contributed by atoms with Crippen molar-refractivity contribution in [3.63, 3.8) is 0 Å². The first-order valence-corrected chi connectivity index (χ1v) is 42.9. The van der Waals surface area contributed by atoms with Gasteiger partial charge in [0.1, 0.15) is 0 Å². The van der Waals surface area contributed by atoms with Gasteiger partial charge in [0.15, 0.2) is 0 Å². The summed E-state index contributed by atoms with van der Waals surface area (Å²) in [5.41, 5.74) is 34.0. The number of aryl methyl sites for hydroxylation is 1. The minimum absolute atomic E-state index is 0.100. The first-order valence-electron chi connectivity index (χ1n) is 42.1. The lowest BCUT2D eigenvalue weighted by molar-refractivity contribution is 0.394. The molecule has 0 fully saturated rings. The molecule has 7 aliphatic carbocycles. The van der Waals surface area contributed by atoms with Crippen molar-refractivity contribution in [2.24, 2.45) is 11.8 Å². The minimum atomic E-state index is -0.240. The van der Waals surface area contributed by atoms with Crippen LogP contribution in [0.5, 0.6) is 0 Å². The molecule has 104 heavy (non-hydrogen) atoms. The molecule has 2 aromatic heterocycles. The highest BCUT2D eigenvalue weighted by Gasteiger charge is 2.52. The molecule has 1 nitrogen and oxygen atoms in total. The number of hydrogen-bond acceptors (Lipinski definition) is 1. The lowest BCUT2D eigenvalue weighted by Gasteiger charge is -2.36. The summed E-state index contributed by atoms with van der Waals surface area (Å²) in [5.74, 6) is 0.547. The molecule has 0 bridgehead atoms. The van der Waals surface area contributed by atoms with E-state index in [4.69, 9.17) is 0 Å². The van der Waals surface area contributed by atoms with Crippen molar-refractivity contribution in [1.82, 2.24) is 4.98 Å². The number of para-hydroxylation sites is 2. The lowest BCUT2D eigenvalue weighted by atomic mass is 9.67. The van der Waals surface area contributed by atoms with E-state index in [0.717, 1.165) is 12.8 Å². The van der Waals surface area contributed by atoms with Crippen molar-refractivity contribution >= 4 is 71.2 Å². The maximum Gasteiger partial charge on any atom is 0.0544 e. The number of benzene rings is 8. The van der Waals surface area contributed by atoms with Crippen molar-refractivity contribution < 1.29 is 0 Å². The summed E-state index contributed by atoms with van der Waals surface area (Å²) in [4.78, 5) is 5.50. The molecule has 0 amide bonds. The fourth-order valence-electron chi connectivity index (χ4n) is 21.9. The minimum Gasteiger partial charge on any atom is -0.354 e. The summed E-state index contributed by atoms with van der Waals surface area (Å²) in [6.45, 7) is 19.9. The zero-order valence-corrected chi connectivity index (χ0v) is 65.3. The van der Waals surface area contributed by atoms with Gasteiger partial charge in [0.25, 0.3) is 0 Å². The number of thiophene rings is 1. The van der Waals surface area contributed by atoms with Gasteiger partial charge in [-0.3, -0.25) is 0 Å². The van der Waals surface area contributed by atoms with Crippen LogP contribution >= 0.6 is 11.3 Å². The van der Waals surface area contributed by atoms with Gasteiger partial charge < -0.3 is 4.98 Å². The Labute approximate surface area is 628 Å². The monoisotopic (exact) mass is 1390 g/mol. The average Bonchev–Trinajstić information content (AvgIpc) is 1.50. The van der Waals surface area contributed by atoms with Crippen LogP contribution in [0, 0.1) is 11.8 Å². The Morgan fingerprint density at radius 1 is 0.394 bits per heavy atom. The van der Waals surface area contributed by atoms with E-state index in [1.165, 1.54) is 273 Å². The highest BCUT2D eigenvalue weighted by atomic mass is 32.1. The van der Waals surface area contributed by atoms with Crippen LogP contribution in [0.15, 0.2) is 169 Å². The number of rotatable bonds is 30. The first kappa shape index (κ1) is 69.5. The second-order valence-corrected chi connectivity index (χ2v) is 35.5. The number of allylic oxidation sites excluding steroid dienone is 9. The van der Waals surface area contributed by atoms with E-state index >= 15 is 0 Å². The predicted molar refractivity (Wildman–Crippen MR) is 453 cm³/mol. The number of nitrogens with one attached hydrogen (secondary N) is 1. The Balaban J connectivity index is 0.873. The first-order chi connectivity index (χ1) is 50.9. The van der Waals surface area contributed by atoms with Crippen LogP contribution in [0.25, 0.3) is 104 Å². The van der Waals surface area contributed by atoms with Crippen LogP contribution in [0.3, 0.4) is 0 Å². The largest absolute Gasteiger partial charge is 0.354 e. The number of unbranched alkanes of at least 4 members (excludes halogenated alkanes) is 20. The summed E-state index contributed by atoms with van der Waals surface area (Å²) in [7, 11) is 0. The van der Waals surface area contributed by atoms with E-state index in [2.05, 4.69) is 242 Å². The normalized spacial score (nSPS) is 18.2. The number of aromatic amines is 1. The van der Waals surface area contributed by atoms with Gasteiger partial charge in [-0.1, -0.05) is 331 Å². The zero-order valence-electron chi connectivity index (χ0n) is 64.4. The molecule has 2 heterocycles. The van der Waals surface area contributed by atoms with Gasteiger partial charge in [0.2, 0.25) is 0 Å². The molecular formula is C102H115NS. The number of H-pyrrole nitrogens is 1. The Morgan fingerprint density at radius 3 is 1.44 bits per heavy atom. The van der Waals surface area contributed by atoms with Gasteiger partial charge in [0.05, 0.1) is 5.52 Å². The third kappa shape index (κ3) is 11.5. The van der Waals surface area contributed by atoms with E-state index in [1.807, 2.05) is 0 Å². The Bertz CT molecular complexity index is 5090. The molecule has 0 radical (unpaired) electrons. The van der Waals surface area contributed by atoms with Crippen LogP contribution in [-0.4, -0.2) is 4.98 Å². The smallest absolute Gasteiger partial charge is 0.0544 e. The highest BCUT2D eigenvalue weighted by molar-refractivity contribution is 7.19. The van der Waals surface area contributed by atoms with Gasteiger partial charge in [0, 0.05) is 70.3 Å². The molecule has 0 aliphatic heterocycles. The lowest BCUT2D eigenvalue weighted by Crippen LogP contribution is -2.27. The molecule has 0 saturated heterocycles. The Hall–Kier alpha value is -7.52. The van der Waals surface area contributed by atoms with Gasteiger partial charge in [-0.2, -0.15) is 0 Å². The molecule has 17 rings (SSSR count). The average molecular weight is 1390 g/mol. The molecule has 2 unspecified atom stereocenters. The van der Waals surface area contributed by atoms with E-state index in [9.17, 15) is 0 Å². The Kier molecular flexibility index (Phi) is 19.2. The standard InChI is InChI=1S/C102H115NS/c1-9-13-17-21-25-37-55-101(56-38-26-22-18-14-10-2)87-64-82-80-62-86-84(96-72-48-32-30-44-68(72)78(60-92(96)100(86,7)8)76-52-42-51-75-70-46-34-36-54-94(70)104-98(75)76)66-90(80)102(57-39-27-23-19-15-11-3,58-40-28-24-20-16-12-4)88(82)63-81(87)79-61-85-83(65-89(79)101)95-71-47-31-29-43-67(71)77(59-91(95)99(85,5)6)74-50-41-49-73-69-45-33-35-53-93(69)103-97(73)74/h29-35,41-53,59-66,68,72,103H,9-28,36-40,54-58H2,1-8H3. The number of hydrogen-bond donors (Lipinski definition) is 1. The van der Waals surface area contributed by atoms with E-state index in [-0.39, 0.29) is 33.5 Å². The summed E-state index contributed by atoms with van der Waals surface area (Å²) in [6, 6.07) is 52.7. The summed E-state index contributed by atoms with van der Waals surface area (Å²) >= 11 is 2.07. The van der Waals surface area contributed by atoms with Gasteiger partial charge in [-0.05, 0) is 209 Å². The van der Waals surface area contributed by atoms with E-state index < -0.39 is 0 Å². The maximum atomic E-state index is 3.94. The zero-order chi connectivity index (χ0) is 70.9. The van der Waals surface area contributed by atoms with Crippen molar-refractivity contribution in [1.29, 1.82) is 0 Å². The van der Waals surface area contributed by atoms with Crippen molar-refractivity contribution in [3.8, 4) is 44.5 Å². The Morgan fingerprint density at radius 2 is 0.856 bits per heavy atom. The fourth-order valence-corrected chi connectivity index (χ4v) is 23.3. The van der Waals surface area contributed by atoms with Crippen LogP contribution in [0.4, 0.5) is 0 Å². The molecule has 10 aromatic rings. The van der Waals surface area contributed by atoms with Crippen molar-refractivity contribution in [3.05, 3.63) is 230 Å².